The van der Waals surface area contributed by atoms with Gasteiger partial charge in [0.05, 0.1) is 21.4 Å². The smallest absolute Gasteiger partial charge is 0.259 e. The highest BCUT2D eigenvalue weighted by Gasteiger charge is 2.22. The number of benzene rings is 1. The number of aromatic nitrogens is 3. The van der Waals surface area contributed by atoms with E-state index in [2.05, 4.69) is 36.6 Å². The number of pyridine rings is 1. The van der Waals surface area contributed by atoms with Gasteiger partial charge in [-0.1, -0.05) is 0 Å². The van der Waals surface area contributed by atoms with E-state index in [0.717, 1.165) is 15.9 Å². The van der Waals surface area contributed by atoms with Crippen molar-refractivity contribution in [1.29, 1.82) is 0 Å². The summed E-state index contributed by atoms with van der Waals surface area (Å²) in [4.78, 5) is 29.1. The Hall–Kier alpha value is -3.20. The van der Waals surface area contributed by atoms with Crippen molar-refractivity contribution in [3.8, 4) is 11.6 Å². The minimum Gasteiger partial charge on any atom is -0.436 e. The van der Waals surface area contributed by atoms with Crippen molar-refractivity contribution in [3.63, 3.8) is 0 Å². The van der Waals surface area contributed by atoms with Gasteiger partial charge in [0.15, 0.2) is 0 Å². The van der Waals surface area contributed by atoms with Gasteiger partial charge in [-0.2, -0.15) is 5.10 Å². The van der Waals surface area contributed by atoms with Crippen LogP contribution in [0.25, 0.3) is 0 Å². The summed E-state index contributed by atoms with van der Waals surface area (Å²) in [6, 6.07) is 8.30. The van der Waals surface area contributed by atoms with Gasteiger partial charge in [0, 0.05) is 11.9 Å². The summed E-state index contributed by atoms with van der Waals surface area (Å²) < 4.78 is 8.24. The Labute approximate surface area is 169 Å². The van der Waals surface area contributed by atoms with E-state index in [0.29, 0.717) is 28.6 Å². The lowest BCUT2D eigenvalue weighted by molar-refractivity contribution is -0.116. The molecule has 3 heterocycles. The van der Waals surface area contributed by atoms with Crippen LogP contribution < -0.4 is 15.4 Å². The minimum absolute atomic E-state index is 0.0629. The lowest BCUT2D eigenvalue weighted by atomic mass is 10.1. The highest BCUT2D eigenvalue weighted by atomic mass is 79.9. The predicted octanol–water partition coefficient (Wildman–Crippen LogP) is 3.65. The molecular formula is C19H16BrN5O3. The molecule has 0 aliphatic carbocycles. The topological polar surface area (TPSA) is 98.1 Å². The Morgan fingerprint density at radius 1 is 1.32 bits per heavy atom. The zero-order chi connectivity index (χ0) is 19.8. The lowest BCUT2D eigenvalue weighted by Crippen LogP contribution is -2.20. The first-order valence-electron chi connectivity index (χ1n) is 8.50. The average Bonchev–Trinajstić information content (AvgIpc) is 2.83. The first-order valence-corrected chi connectivity index (χ1v) is 9.29. The summed E-state index contributed by atoms with van der Waals surface area (Å²) in [6.45, 7) is 3.81. The van der Waals surface area contributed by atoms with Crippen LogP contribution in [0.2, 0.25) is 0 Å². The van der Waals surface area contributed by atoms with Crippen molar-refractivity contribution >= 4 is 39.1 Å². The maximum atomic E-state index is 12.5. The molecule has 2 N–H and O–H groups in total. The molecule has 0 spiro atoms. The summed E-state index contributed by atoms with van der Waals surface area (Å²) in [5.41, 5.74) is 2.97. The van der Waals surface area contributed by atoms with Gasteiger partial charge in [-0.15, -0.1) is 0 Å². The first-order chi connectivity index (χ1) is 13.4. The largest absolute Gasteiger partial charge is 0.436 e. The maximum Gasteiger partial charge on any atom is 0.259 e. The molecule has 0 bridgehead atoms. The second-order valence-electron chi connectivity index (χ2n) is 6.31. The van der Waals surface area contributed by atoms with E-state index in [1.807, 2.05) is 13.8 Å². The quantitative estimate of drug-likeness (QED) is 0.646. The van der Waals surface area contributed by atoms with E-state index in [9.17, 15) is 9.59 Å². The van der Waals surface area contributed by atoms with Gasteiger partial charge in [0.2, 0.25) is 11.8 Å². The number of hydrogen-bond acceptors (Lipinski definition) is 5. The predicted molar refractivity (Wildman–Crippen MR) is 107 cm³/mol. The van der Waals surface area contributed by atoms with Gasteiger partial charge in [-0.05, 0) is 60.1 Å². The van der Waals surface area contributed by atoms with Crippen molar-refractivity contribution in [2.45, 2.75) is 20.4 Å². The molecule has 0 fully saturated rings. The van der Waals surface area contributed by atoms with E-state index in [4.69, 9.17) is 4.74 Å². The van der Waals surface area contributed by atoms with Gasteiger partial charge in [-0.25, -0.2) is 4.98 Å². The van der Waals surface area contributed by atoms with Crippen LogP contribution in [-0.4, -0.2) is 26.6 Å². The molecule has 0 saturated carbocycles. The fraction of sp³-hybridized carbons (Fsp3) is 0.158. The number of amides is 2. The number of aryl methyl sites for hydroxylation is 1. The van der Waals surface area contributed by atoms with E-state index >= 15 is 0 Å². The van der Waals surface area contributed by atoms with Crippen LogP contribution >= 0.6 is 15.9 Å². The molecule has 28 heavy (non-hydrogen) atoms. The van der Waals surface area contributed by atoms with Crippen LogP contribution in [-0.2, 0) is 11.3 Å². The molecule has 1 aliphatic heterocycles. The molecule has 1 aliphatic rings. The van der Waals surface area contributed by atoms with E-state index in [1.54, 1.807) is 41.2 Å². The van der Waals surface area contributed by atoms with Crippen LogP contribution in [0.1, 0.15) is 21.7 Å². The summed E-state index contributed by atoms with van der Waals surface area (Å²) in [5, 5.41) is 9.88. The highest BCUT2D eigenvalue weighted by molar-refractivity contribution is 9.10. The van der Waals surface area contributed by atoms with Gasteiger partial charge in [0.1, 0.15) is 18.0 Å². The molecule has 0 unspecified atom stereocenters. The number of hydrogen-bond donors (Lipinski definition) is 2. The van der Waals surface area contributed by atoms with Gasteiger partial charge in [0.25, 0.3) is 5.91 Å². The standard InChI is InChI=1S/C19H16BrN5O3/c1-10-17(20)11(2)25(24-10)9-16(26)22-12-5-6-15-13(8-12)18(27)23-14-4-3-7-21-19(14)28-15/h3-8H,9H2,1-2H3,(H,22,26)(H,23,27). The van der Waals surface area contributed by atoms with Crippen LogP contribution in [0.15, 0.2) is 41.0 Å². The number of carbonyl (C=O) groups excluding carboxylic acids is 2. The number of rotatable bonds is 3. The van der Waals surface area contributed by atoms with Crippen molar-refractivity contribution in [3.05, 3.63) is 58.0 Å². The minimum atomic E-state index is -0.333. The first kappa shape index (κ1) is 18.2. The Bertz CT molecular complexity index is 1110. The van der Waals surface area contributed by atoms with Gasteiger partial charge in [-0.3, -0.25) is 14.3 Å². The number of nitrogens with one attached hydrogen (secondary N) is 2. The van der Waals surface area contributed by atoms with E-state index < -0.39 is 0 Å². The zero-order valence-electron chi connectivity index (χ0n) is 15.1. The maximum absolute atomic E-state index is 12.5. The zero-order valence-corrected chi connectivity index (χ0v) is 16.7. The molecule has 2 amide bonds. The third-order valence-electron chi connectivity index (χ3n) is 4.32. The number of nitrogens with zero attached hydrogens (tertiary/aromatic N) is 3. The van der Waals surface area contributed by atoms with Crippen LogP contribution in [0.3, 0.4) is 0 Å². The van der Waals surface area contributed by atoms with Crippen LogP contribution in [0.5, 0.6) is 11.6 Å². The molecule has 2 aromatic heterocycles. The van der Waals surface area contributed by atoms with Gasteiger partial charge >= 0.3 is 0 Å². The molecule has 0 atom stereocenters. The second kappa shape index (κ2) is 7.08. The molecule has 3 aromatic rings. The van der Waals surface area contributed by atoms with Crippen molar-refractivity contribution < 1.29 is 14.3 Å². The molecule has 4 rings (SSSR count). The highest BCUT2D eigenvalue weighted by Crippen LogP contribution is 2.34. The monoisotopic (exact) mass is 441 g/mol. The summed E-state index contributed by atoms with van der Waals surface area (Å²) in [5.74, 6) is 0.107. The van der Waals surface area contributed by atoms with Crippen molar-refractivity contribution in [1.82, 2.24) is 14.8 Å². The third-order valence-corrected chi connectivity index (χ3v) is 5.47. The Morgan fingerprint density at radius 2 is 2.14 bits per heavy atom. The third kappa shape index (κ3) is 3.36. The number of anilines is 2. The SMILES string of the molecule is Cc1nn(CC(=O)Nc2ccc3c(c2)C(=O)Nc2cccnc2O3)c(C)c1Br. The number of halogens is 1. The van der Waals surface area contributed by atoms with Crippen molar-refractivity contribution in [2.75, 3.05) is 10.6 Å². The Morgan fingerprint density at radius 3 is 2.89 bits per heavy atom. The molecule has 0 saturated heterocycles. The molecular weight excluding hydrogens is 426 g/mol. The van der Waals surface area contributed by atoms with E-state index in [1.165, 1.54) is 0 Å². The molecule has 9 heteroatoms. The van der Waals surface area contributed by atoms with Crippen LogP contribution in [0, 0.1) is 13.8 Å². The Balaban J connectivity index is 1.54. The lowest BCUT2D eigenvalue weighted by Gasteiger charge is -2.10. The molecule has 142 valence electrons. The number of carbonyl (C=O) groups is 2. The second-order valence-corrected chi connectivity index (χ2v) is 7.11. The van der Waals surface area contributed by atoms with Crippen LogP contribution in [0.4, 0.5) is 11.4 Å². The fourth-order valence-electron chi connectivity index (χ4n) is 2.90. The molecule has 8 nitrogen and oxygen atoms in total. The fourth-order valence-corrected chi connectivity index (χ4v) is 3.18. The number of fused-ring (bicyclic) bond motifs is 2. The molecule has 1 aromatic carbocycles. The van der Waals surface area contributed by atoms with Gasteiger partial charge < -0.3 is 15.4 Å². The normalized spacial score (nSPS) is 12.3. The molecule has 0 radical (unpaired) electrons. The van der Waals surface area contributed by atoms with Crippen molar-refractivity contribution in [2.24, 2.45) is 0 Å². The Kier molecular flexibility index (Phi) is 4.60. The average molecular weight is 442 g/mol. The summed E-state index contributed by atoms with van der Waals surface area (Å²) in [6.07, 6.45) is 1.59. The summed E-state index contributed by atoms with van der Waals surface area (Å²) in [7, 11) is 0. The summed E-state index contributed by atoms with van der Waals surface area (Å²) >= 11 is 3.45. The number of ether oxygens (including phenoxy) is 1. The van der Waals surface area contributed by atoms with E-state index in [-0.39, 0.29) is 18.4 Å².